The van der Waals surface area contributed by atoms with Crippen LogP contribution in [-0.4, -0.2) is 10.8 Å². The maximum atomic E-state index is 5.29. The standard InChI is InChI=1S/C11H15N3S/c1-7-4-5-10(6-8(7)2)9(3)13-14-11(12)15/h4-6H,1-3H3,(H3,12,14,15)/b13-9-. The first-order chi connectivity index (χ1) is 7.00. The number of nitrogens with one attached hydrogen (secondary N) is 1. The van der Waals surface area contributed by atoms with Crippen LogP contribution in [0.5, 0.6) is 0 Å². The van der Waals surface area contributed by atoms with Gasteiger partial charge in [0.2, 0.25) is 0 Å². The maximum Gasteiger partial charge on any atom is 0.184 e. The first kappa shape index (κ1) is 11.7. The zero-order valence-corrected chi connectivity index (χ0v) is 9.98. The molecule has 4 heteroatoms. The van der Waals surface area contributed by atoms with Crippen LogP contribution in [0.1, 0.15) is 23.6 Å². The third-order valence-electron chi connectivity index (χ3n) is 2.26. The van der Waals surface area contributed by atoms with Crippen molar-refractivity contribution >= 4 is 23.0 Å². The van der Waals surface area contributed by atoms with Crippen LogP contribution >= 0.6 is 12.2 Å². The van der Waals surface area contributed by atoms with E-state index in [9.17, 15) is 0 Å². The fraction of sp³-hybridized carbons (Fsp3) is 0.273. The summed E-state index contributed by atoms with van der Waals surface area (Å²) in [5.74, 6) is 0. The lowest BCUT2D eigenvalue weighted by Gasteiger charge is -2.05. The molecular formula is C11H15N3S. The zero-order valence-electron chi connectivity index (χ0n) is 9.16. The van der Waals surface area contributed by atoms with Crippen LogP contribution in [0.4, 0.5) is 0 Å². The van der Waals surface area contributed by atoms with Crippen molar-refractivity contribution in [2.75, 3.05) is 0 Å². The van der Waals surface area contributed by atoms with Crippen molar-refractivity contribution < 1.29 is 0 Å². The highest BCUT2D eigenvalue weighted by Crippen LogP contribution is 2.10. The molecule has 1 rings (SSSR count). The Bertz CT molecular complexity index is 410. The molecule has 0 aliphatic heterocycles. The van der Waals surface area contributed by atoms with Crippen molar-refractivity contribution in [3.8, 4) is 0 Å². The monoisotopic (exact) mass is 221 g/mol. The quantitative estimate of drug-likeness (QED) is 0.455. The summed E-state index contributed by atoms with van der Waals surface area (Å²) in [7, 11) is 0. The van der Waals surface area contributed by atoms with Crippen molar-refractivity contribution in [3.05, 3.63) is 34.9 Å². The molecule has 0 aliphatic carbocycles. The number of rotatable bonds is 2. The molecule has 0 saturated heterocycles. The van der Waals surface area contributed by atoms with Gasteiger partial charge in [0, 0.05) is 0 Å². The van der Waals surface area contributed by atoms with E-state index in [2.05, 4.69) is 48.7 Å². The lowest BCUT2D eigenvalue weighted by Crippen LogP contribution is -2.25. The predicted molar refractivity (Wildman–Crippen MR) is 68.0 cm³/mol. The van der Waals surface area contributed by atoms with Crippen LogP contribution in [0, 0.1) is 13.8 Å². The lowest BCUT2D eigenvalue weighted by atomic mass is 10.0. The van der Waals surface area contributed by atoms with E-state index in [4.69, 9.17) is 5.73 Å². The second-order valence-corrected chi connectivity index (χ2v) is 3.91. The summed E-state index contributed by atoms with van der Waals surface area (Å²) in [5.41, 5.74) is 12.3. The Kier molecular flexibility index (Phi) is 3.80. The van der Waals surface area contributed by atoms with Crippen LogP contribution in [-0.2, 0) is 0 Å². The molecule has 0 radical (unpaired) electrons. The van der Waals surface area contributed by atoms with E-state index in [1.165, 1.54) is 11.1 Å². The lowest BCUT2D eigenvalue weighted by molar-refractivity contribution is 1.03. The molecule has 0 aliphatic rings. The van der Waals surface area contributed by atoms with Gasteiger partial charge in [-0.3, -0.25) is 5.43 Å². The van der Waals surface area contributed by atoms with E-state index in [1.54, 1.807) is 0 Å². The van der Waals surface area contributed by atoms with E-state index < -0.39 is 0 Å². The summed E-state index contributed by atoms with van der Waals surface area (Å²) >= 11 is 4.67. The average Bonchev–Trinajstić information content (AvgIpc) is 2.18. The molecular weight excluding hydrogens is 206 g/mol. The first-order valence-corrected chi connectivity index (χ1v) is 5.09. The Morgan fingerprint density at radius 1 is 1.33 bits per heavy atom. The average molecular weight is 221 g/mol. The molecule has 0 atom stereocenters. The van der Waals surface area contributed by atoms with Crippen molar-refractivity contribution in [3.63, 3.8) is 0 Å². The number of hydrogen-bond acceptors (Lipinski definition) is 2. The second-order valence-electron chi connectivity index (χ2n) is 3.47. The molecule has 0 unspecified atom stereocenters. The summed E-state index contributed by atoms with van der Waals surface area (Å²) < 4.78 is 0. The molecule has 3 N–H and O–H groups in total. The van der Waals surface area contributed by atoms with Crippen LogP contribution in [0.3, 0.4) is 0 Å². The molecule has 0 amide bonds. The summed E-state index contributed by atoms with van der Waals surface area (Å²) in [6, 6.07) is 6.20. The van der Waals surface area contributed by atoms with E-state index in [0.717, 1.165) is 11.3 Å². The number of hydrazone groups is 1. The van der Waals surface area contributed by atoms with Crippen molar-refractivity contribution in [1.29, 1.82) is 0 Å². The molecule has 1 aromatic rings. The van der Waals surface area contributed by atoms with E-state index >= 15 is 0 Å². The van der Waals surface area contributed by atoms with Gasteiger partial charge in [-0.15, -0.1) is 0 Å². The van der Waals surface area contributed by atoms with Gasteiger partial charge in [-0.25, -0.2) is 0 Å². The number of nitrogens with two attached hydrogens (primary N) is 1. The van der Waals surface area contributed by atoms with Gasteiger partial charge in [0.15, 0.2) is 5.11 Å². The van der Waals surface area contributed by atoms with Gasteiger partial charge in [0.1, 0.15) is 0 Å². The van der Waals surface area contributed by atoms with Crippen molar-refractivity contribution in [2.24, 2.45) is 10.8 Å². The van der Waals surface area contributed by atoms with Gasteiger partial charge in [-0.1, -0.05) is 12.1 Å². The summed E-state index contributed by atoms with van der Waals surface area (Å²) in [6.45, 7) is 6.07. The Labute approximate surface area is 95.4 Å². The van der Waals surface area contributed by atoms with Crippen molar-refractivity contribution in [1.82, 2.24) is 5.43 Å². The Morgan fingerprint density at radius 2 is 2.00 bits per heavy atom. The molecule has 80 valence electrons. The largest absolute Gasteiger partial charge is 0.375 e. The topological polar surface area (TPSA) is 50.4 Å². The van der Waals surface area contributed by atoms with Crippen LogP contribution in [0.15, 0.2) is 23.3 Å². The third kappa shape index (κ3) is 3.32. The van der Waals surface area contributed by atoms with Crippen LogP contribution < -0.4 is 11.2 Å². The van der Waals surface area contributed by atoms with Gasteiger partial charge in [0.25, 0.3) is 0 Å². The van der Waals surface area contributed by atoms with Crippen LogP contribution in [0.25, 0.3) is 0 Å². The highest BCUT2D eigenvalue weighted by molar-refractivity contribution is 7.80. The fourth-order valence-electron chi connectivity index (χ4n) is 1.17. The summed E-state index contributed by atoms with van der Waals surface area (Å²) in [6.07, 6.45) is 0. The normalized spacial score (nSPS) is 11.3. The predicted octanol–water partition coefficient (Wildman–Crippen LogP) is 1.86. The Hall–Kier alpha value is -1.42. The molecule has 15 heavy (non-hydrogen) atoms. The first-order valence-electron chi connectivity index (χ1n) is 4.68. The van der Waals surface area contributed by atoms with Gasteiger partial charge >= 0.3 is 0 Å². The number of nitrogens with zero attached hydrogens (tertiary/aromatic N) is 1. The molecule has 1 aromatic carbocycles. The van der Waals surface area contributed by atoms with Gasteiger partial charge in [-0.05, 0) is 55.7 Å². The molecule has 0 spiro atoms. The van der Waals surface area contributed by atoms with E-state index in [0.29, 0.717) is 0 Å². The fourth-order valence-corrected chi connectivity index (χ4v) is 1.22. The SMILES string of the molecule is C/C(=N/NC(N)=S)c1ccc(C)c(C)c1. The minimum absolute atomic E-state index is 0.179. The highest BCUT2D eigenvalue weighted by Gasteiger charge is 1.99. The third-order valence-corrected chi connectivity index (χ3v) is 2.35. The minimum Gasteiger partial charge on any atom is -0.375 e. The smallest absolute Gasteiger partial charge is 0.184 e. The molecule has 0 saturated carbocycles. The van der Waals surface area contributed by atoms with Crippen molar-refractivity contribution in [2.45, 2.75) is 20.8 Å². The molecule has 0 heterocycles. The number of hydrogen-bond donors (Lipinski definition) is 2. The molecule has 0 bridgehead atoms. The van der Waals surface area contributed by atoms with Gasteiger partial charge in [0.05, 0.1) is 5.71 Å². The second kappa shape index (κ2) is 4.89. The Morgan fingerprint density at radius 3 is 2.53 bits per heavy atom. The van der Waals surface area contributed by atoms with Gasteiger partial charge < -0.3 is 5.73 Å². The summed E-state index contributed by atoms with van der Waals surface area (Å²) in [4.78, 5) is 0. The van der Waals surface area contributed by atoms with E-state index in [1.807, 2.05) is 13.0 Å². The summed E-state index contributed by atoms with van der Waals surface area (Å²) in [5, 5.41) is 4.24. The van der Waals surface area contributed by atoms with Gasteiger partial charge in [-0.2, -0.15) is 5.10 Å². The molecule has 0 aromatic heterocycles. The zero-order chi connectivity index (χ0) is 11.4. The molecule has 3 nitrogen and oxygen atoms in total. The Balaban J connectivity index is 2.91. The number of thiocarbonyl (C=S) groups is 1. The molecule has 0 fully saturated rings. The minimum atomic E-state index is 0.179. The number of benzene rings is 1. The highest BCUT2D eigenvalue weighted by atomic mass is 32.1. The number of aryl methyl sites for hydroxylation is 2. The van der Waals surface area contributed by atoms with Crippen LogP contribution in [0.2, 0.25) is 0 Å². The van der Waals surface area contributed by atoms with E-state index in [-0.39, 0.29) is 5.11 Å². The maximum absolute atomic E-state index is 5.29.